The first-order chi connectivity index (χ1) is 31.8. The zero-order chi connectivity index (χ0) is 50.4. The van der Waals surface area contributed by atoms with Gasteiger partial charge < -0.3 is 75.8 Å². The smallest absolute Gasteiger partial charge is 0.330 e. The van der Waals surface area contributed by atoms with Crippen molar-refractivity contribution >= 4 is 11.9 Å². The van der Waals surface area contributed by atoms with Gasteiger partial charge in [-0.25, -0.2) is 9.59 Å². The van der Waals surface area contributed by atoms with Gasteiger partial charge >= 0.3 is 11.9 Å². The monoisotopic (exact) mass is 969 g/mol. The van der Waals surface area contributed by atoms with Gasteiger partial charge in [0.05, 0.1) is 178 Å². The first-order valence-electron chi connectivity index (χ1n) is 24.0. The topological polar surface area (TPSA) is 182 Å². The van der Waals surface area contributed by atoms with Gasteiger partial charge in [-0.3, -0.25) is 0 Å². The zero-order valence-electron chi connectivity index (χ0n) is 43.4. The lowest BCUT2D eigenvalue weighted by atomic mass is 10.3. The molecule has 0 aliphatic carbocycles. The average molecular weight is 969 g/mol. The Balaban J connectivity index is 3.97. The fourth-order valence-electron chi connectivity index (χ4n) is 5.18. The van der Waals surface area contributed by atoms with E-state index in [9.17, 15) is 9.59 Å². The standard InChI is InChI=1S/C49H92O18/c1-16-48(50)54-19-18-52-22-35(3)56-24-37(5)58-26-39(7)60-28-41(9)62-30-43(11)64-32-45(13)66-34-47(15)67-33-46(14)65-31-44(12)63-29-42(10)61-27-40(8)59-25-38(6)57-23-36(4)53-20-21-55-49(51)17-2/h16-17,35-47H,1-2,18-34H2,3-15H3. The summed E-state index contributed by atoms with van der Waals surface area (Å²) >= 11 is 0. The Kier molecular flexibility index (Phi) is 40.3. The van der Waals surface area contributed by atoms with Gasteiger partial charge in [0.1, 0.15) is 13.2 Å². The predicted octanol–water partition coefficient (Wildman–Crippen LogP) is 5.73. The highest BCUT2D eigenvalue weighted by Crippen LogP contribution is 2.08. The molecule has 0 saturated heterocycles. The number of carbonyl (C=O) groups is 2. The van der Waals surface area contributed by atoms with Crippen LogP contribution in [0.3, 0.4) is 0 Å². The number of carbonyl (C=O) groups excluding carboxylic acids is 2. The molecule has 0 bridgehead atoms. The van der Waals surface area contributed by atoms with Gasteiger partial charge in [0, 0.05) is 12.2 Å². The highest BCUT2D eigenvalue weighted by Gasteiger charge is 2.17. The SMILES string of the molecule is C=CC(=O)OCCOCC(C)OCC(C)OCC(C)OCC(C)OCC(C)OCC(C)OCC(C)OCC(C)OCC(C)OCC(C)OCC(C)OCC(C)OCC(C)OCCOC(=O)C=C. The highest BCUT2D eigenvalue weighted by molar-refractivity contribution is 5.81. The normalized spacial score (nSPS) is 17.7. The molecule has 0 aromatic heterocycles. The van der Waals surface area contributed by atoms with Crippen LogP contribution >= 0.6 is 0 Å². The van der Waals surface area contributed by atoms with Crippen LogP contribution in [0.4, 0.5) is 0 Å². The van der Waals surface area contributed by atoms with Gasteiger partial charge in [0.15, 0.2) is 0 Å². The van der Waals surface area contributed by atoms with Crippen molar-refractivity contribution in [3.05, 3.63) is 25.3 Å². The summed E-state index contributed by atoms with van der Waals surface area (Å²) in [4.78, 5) is 22.1. The van der Waals surface area contributed by atoms with Crippen molar-refractivity contribution in [3.8, 4) is 0 Å². The van der Waals surface area contributed by atoms with E-state index in [-0.39, 0.29) is 99.2 Å². The van der Waals surface area contributed by atoms with Crippen molar-refractivity contribution in [2.24, 2.45) is 0 Å². The van der Waals surface area contributed by atoms with E-state index in [1.54, 1.807) is 0 Å². The summed E-state index contributed by atoms with van der Waals surface area (Å²) in [5.74, 6) is -0.941. The van der Waals surface area contributed by atoms with E-state index in [0.29, 0.717) is 92.5 Å². The van der Waals surface area contributed by atoms with E-state index in [0.717, 1.165) is 12.2 Å². The Morgan fingerprint density at radius 1 is 0.284 bits per heavy atom. The molecule has 0 rings (SSSR count). The lowest BCUT2D eigenvalue weighted by Gasteiger charge is -2.23. The molecule has 0 aromatic rings. The molecule has 0 aliphatic heterocycles. The second-order valence-electron chi connectivity index (χ2n) is 17.2. The Hall–Kier alpha value is -2.14. The van der Waals surface area contributed by atoms with Gasteiger partial charge in [-0.15, -0.1) is 0 Å². The molecule has 13 unspecified atom stereocenters. The number of ether oxygens (including phenoxy) is 16. The summed E-state index contributed by atoms with van der Waals surface area (Å²) in [7, 11) is 0. The number of hydrogen-bond donors (Lipinski definition) is 0. The van der Waals surface area contributed by atoms with Crippen LogP contribution in [0.5, 0.6) is 0 Å². The second kappa shape index (κ2) is 41.6. The summed E-state index contributed by atoms with van der Waals surface area (Å²) < 4.78 is 91.8. The van der Waals surface area contributed by atoms with Gasteiger partial charge in [-0.05, 0) is 90.0 Å². The molecule has 67 heavy (non-hydrogen) atoms. The van der Waals surface area contributed by atoms with Crippen LogP contribution in [0.15, 0.2) is 25.3 Å². The minimum atomic E-state index is -0.471. The van der Waals surface area contributed by atoms with Crippen LogP contribution in [0.2, 0.25) is 0 Å². The van der Waals surface area contributed by atoms with Crippen molar-refractivity contribution in [1.29, 1.82) is 0 Å². The first-order valence-corrected chi connectivity index (χ1v) is 24.0. The molecule has 13 atom stereocenters. The quantitative estimate of drug-likeness (QED) is 0.0409. The van der Waals surface area contributed by atoms with E-state index in [4.69, 9.17) is 75.8 Å². The van der Waals surface area contributed by atoms with Crippen LogP contribution in [-0.2, 0) is 85.4 Å². The molecule has 0 saturated carbocycles. The summed E-state index contributed by atoms with van der Waals surface area (Å²) in [6.07, 6.45) is 0.669. The minimum absolute atomic E-state index is 0.115. The Labute approximate surface area is 403 Å². The van der Waals surface area contributed by atoms with E-state index in [2.05, 4.69) is 13.2 Å². The Bertz CT molecular complexity index is 1210. The van der Waals surface area contributed by atoms with Crippen molar-refractivity contribution in [3.63, 3.8) is 0 Å². The molecule has 0 fully saturated rings. The van der Waals surface area contributed by atoms with Crippen LogP contribution < -0.4 is 0 Å². The largest absolute Gasteiger partial charge is 0.460 e. The molecule has 396 valence electrons. The molecule has 0 spiro atoms. The van der Waals surface area contributed by atoms with Gasteiger partial charge in [-0.1, -0.05) is 13.2 Å². The van der Waals surface area contributed by atoms with Crippen LogP contribution in [0.25, 0.3) is 0 Å². The maximum Gasteiger partial charge on any atom is 0.330 e. The molecule has 0 N–H and O–H groups in total. The van der Waals surface area contributed by atoms with Crippen LogP contribution in [0.1, 0.15) is 90.0 Å². The number of rotatable bonds is 47. The molecule has 18 nitrogen and oxygen atoms in total. The third-order valence-corrected chi connectivity index (χ3v) is 9.27. The summed E-state index contributed by atoms with van der Waals surface area (Å²) in [5.41, 5.74) is 0. The van der Waals surface area contributed by atoms with Gasteiger partial charge in [0.2, 0.25) is 0 Å². The summed E-state index contributed by atoms with van der Waals surface area (Å²) in [6, 6.07) is 0. The molecular weight excluding hydrogens is 877 g/mol. The third kappa shape index (κ3) is 41.4. The highest BCUT2D eigenvalue weighted by atomic mass is 16.6. The fraction of sp³-hybridized carbons (Fsp3) is 0.878. The minimum Gasteiger partial charge on any atom is -0.460 e. The van der Waals surface area contributed by atoms with Crippen molar-refractivity contribution < 1.29 is 85.4 Å². The molecular formula is C49H92O18. The van der Waals surface area contributed by atoms with E-state index in [1.807, 2.05) is 90.0 Å². The van der Waals surface area contributed by atoms with Crippen molar-refractivity contribution in [2.45, 2.75) is 169 Å². The fourth-order valence-corrected chi connectivity index (χ4v) is 5.18. The molecule has 0 heterocycles. The van der Waals surface area contributed by atoms with E-state index >= 15 is 0 Å². The zero-order valence-corrected chi connectivity index (χ0v) is 43.4. The van der Waals surface area contributed by atoms with Gasteiger partial charge in [-0.2, -0.15) is 0 Å². The summed E-state index contributed by atoms with van der Waals surface area (Å²) in [6.45, 7) is 38.5. The predicted molar refractivity (Wildman–Crippen MR) is 254 cm³/mol. The molecule has 18 heteroatoms. The molecule has 0 aromatic carbocycles. The van der Waals surface area contributed by atoms with E-state index < -0.39 is 11.9 Å². The molecule has 0 amide bonds. The van der Waals surface area contributed by atoms with Crippen LogP contribution in [0, 0.1) is 0 Å². The summed E-state index contributed by atoms with van der Waals surface area (Å²) in [5, 5.41) is 0. The lowest BCUT2D eigenvalue weighted by Crippen LogP contribution is -2.31. The van der Waals surface area contributed by atoms with Crippen LogP contribution in [-0.4, -0.2) is 204 Å². The second-order valence-corrected chi connectivity index (χ2v) is 17.2. The maximum absolute atomic E-state index is 11.1. The lowest BCUT2D eigenvalue weighted by molar-refractivity contribution is -0.141. The Morgan fingerprint density at radius 3 is 0.672 bits per heavy atom. The van der Waals surface area contributed by atoms with E-state index in [1.165, 1.54) is 0 Å². The Morgan fingerprint density at radius 2 is 0.463 bits per heavy atom. The maximum atomic E-state index is 11.1. The molecule has 0 aliphatic rings. The van der Waals surface area contributed by atoms with Crippen molar-refractivity contribution in [2.75, 3.05) is 112 Å². The molecule has 0 radical (unpaired) electrons. The van der Waals surface area contributed by atoms with Gasteiger partial charge in [0.25, 0.3) is 0 Å². The number of esters is 2. The van der Waals surface area contributed by atoms with Crippen molar-refractivity contribution in [1.82, 2.24) is 0 Å². The number of hydrogen-bond acceptors (Lipinski definition) is 18. The third-order valence-electron chi connectivity index (χ3n) is 9.27. The first kappa shape index (κ1) is 64.9. The average Bonchev–Trinajstić information content (AvgIpc) is 3.31.